The van der Waals surface area contributed by atoms with Crippen LogP contribution < -0.4 is 10.3 Å². The van der Waals surface area contributed by atoms with Gasteiger partial charge in [-0.2, -0.15) is 10.2 Å². The summed E-state index contributed by atoms with van der Waals surface area (Å²) in [6.07, 6.45) is 2.54. The molecule has 0 aliphatic heterocycles. The first-order chi connectivity index (χ1) is 15.8. The molecule has 8 heteroatoms. The van der Waals surface area contributed by atoms with Crippen LogP contribution in [0, 0.1) is 25.2 Å². The number of aromatic nitrogens is 2. The summed E-state index contributed by atoms with van der Waals surface area (Å²) in [5, 5.41) is 9.68. The van der Waals surface area contributed by atoms with Crippen LogP contribution in [0.25, 0.3) is 11.7 Å². The van der Waals surface area contributed by atoms with Crippen LogP contribution in [-0.4, -0.2) is 17.8 Å². The zero-order valence-corrected chi connectivity index (χ0v) is 18.7. The van der Waals surface area contributed by atoms with E-state index in [0.29, 0.717) is 11.4 Å². The Labute approximate surface area is 190 Å². The lowest BCUT2D eigenvalue weighted by molar-refractivity contribution is 0.457. The number of hydrogen-bond acceptors (Lipinski definition) is 6. The number of ether oxygens (including phenoxy) is 1. The molecule has 2 aromatic heterocycles. The highest BCUT2D eigenvalue weighted by Gasteiger charge is 2.23. The normalized spacial score (nSPS) is 11.8. The van der Waals surface area contributed by atoms with Crippen molar-refractivity contribution in [3.8, 4) is 17.7 Å². The largest absolute Gasteiger partial charge is 0.438 e. The molecule has 0 aliphatic carbocycles. The fourth-order valence-electron chi connectivity index (χ4n) is 3.25. The van der Waals surface area contributed by atoms with Crippen LogP contribution >= 0.6 is 0 Å². The first-order valence-electron chi connectivity index (χ1n) is 10.0. The fraction of sp³-hybridized carbons (Fsp3) is 0.0800. The number of pyridine rings is 1. The standard InChI is InChI=1S/C25H19N3O4S/c1-17-9-8-12-22(18(17)2)32-24-21(25(29)28-14-7-6-13-23(28)27-24)15-20(16-26)33(30,31)19-10-4-3-5-11-19/h3-15H,1-2H3/b20-15+. The molecule has 164 valence electrons. The average Bonchev–Trinajstić information content (AvgIpc) is 2.82. The molecule has 0 radical (unpaired) electrons. The van der Waals surface area contributed by atoms with Gasteiger partial charge in [0.05, 0.1) is 4.90 Å². The van der Waals surface area contributed by atoms with E-state index in [-0.39, 0.29) is 16.3 Å². The Morgan fingerprint density at radius 1 is 1.03 bits per heavy atom. The van der Waals surface area contributed by atoms with Crippen molar-refractivity contribution in [2.24, 2.45) is 0 Å². The maximum Gasteiger partial charge on any atom is 0.269 e. The van der Waals surface area contributed by atoms with Gasteiger partial charge in [-0.15, -0.1) is 0 Å². The summed E-state index contributed by atoms with van der Waals surface area (Å²) in [6.45, 7) is 3.79. The molecule has 0 fully saturated rings. The molecule has 0 saturated heterocycles. The predicted molar refractivity (Wildman–Crippen MR) is 125 cm³/mol. The minimum Gasteiger partial charge on any atom is -0.438 e. The molecule has 0 saturated carbocycles. The quantitative estimate of drug-likeness (QED) is 0.411. The lowest BCUT2D eigenvalue weighted by Crippen LogP contribution is -2.19. The van der Waals surface area contributed by atoms with E-state index in [0.717, 1.165) is 17.2 Å². The van der Waals surface area contributed by atoms with Gasteiger partial charge in [0.15, 0.2) is 0 Å². The smallest absolute Gasteiger partial charge is 0.269 e. The van der Waals surface area contributed by atoms with E-state index in [4.69, 9.17) is 4.74 Å². The molecule has 7 nitrogen and oxygen atoms in total. The van der Waals surface area contributed by atoms with Crippen molar-refractivity contribution < 1.29 is 13.2 Å². The van der Waals surface area contributed by atoms with Crippen molar-refractivity contribution in [2.45, 2.75) is 18.7 Å². The number of hydrogen-bond donors (Lipinski definition) is 0. The van der Waals surface area contributed by atoms with Crippen LogP contribution in [0.15, 0.2) is 87.5 Å². The molecular weight excluding hydrogens is 438 g/mol. The van der Waals surface area contributed by atoms with Gasteiger partial charge in [-0.05, 0) is 61.4 Å². The Kier molecular flexibility index (Phi) is 5.82. The lowest BCUT2D eigenvalue weighted by Gasteiger charge is -2.13. The molecule has 2 aromatic carbocycles. The Morgan fingerprint density at radius 2 is 1.76 bits per heavy atom. The summed E-state index contributed by atoms with van der Waals surface area (Å²) in [6, 6.07) is 19.8. The minimum atomic E-state index is -4.16. The van der Waals surface area contributed by atoms with Crippen molar-refractivity contribution >= 4 is 21.6 Å². The Hall–Kier alpha value is -4.22. The van der Waals surface area contributed by atoms with Crippen molar-refractivity contribution in [2.75, 3.05) is 0 Å². The number of allylic oxidation sites excluding steroid dienone is 1. The Balaban J connectivity index is 1.97. The SMILES string of the molecule is Cc1cccc(Oc2nc3ccccn3c(=O)c2/C=C(\C#N)S(=O)(=O)c2ccccc2)c1C. The van der Waals surface area contributed by atoms with E-state index >= 15 is 0 Å². The highest BCUT2D eigenvalue weighted by molar-refractivity contribution is 7.95. The first-order valence-corrected chi connectivity index (χ1v) is 11.5. The predicted octanol–water partition coefficient (Wildman–Crippen LogP) is 4.44. The number of aryl methyl sites for hydroxylation is 1. The van der Waals surface area contributed by atoms with Crippen LogP contribution in [0.3, 0.4) is 0 Å². The molecule has 4 rings (SSSR count). The number of nitriles is 1. The zero-order chi connectivity index (χ0) is 23.6. The van der Waals surface area contributed by atoms with Gasteiger partial charge in [0.25, 0.3) is 5.56 Å². The molecule has 2 heterocycles. The molecule has 0 bridgehead atoms. The van der Waals surface area contributed by atoms with Crippen molar-refractivity contribution in [3.63, 3.8) is 0 Å². The molecular formula is C25H19N3O4S. The lowest BCUT2D eigenvalue weighted by atomic mass is 10.1. The minimum absolute atomic E-state index is 0.0522. The highest BCUT2D eigenvalue weighted by atomic mass is 32.2. The van der Waals surface area contributed by atoms with Gasteiger partial charge in [0, 0.05) is 6.20 Å². The van der Waals surface area contributed by atoms with Crippen molar-refractivity contribution in [1.29, 1.82) is 5.26 Å². The van der Waals surface area contributed by atoms with Crippen LogP contribution in [0.4, 0.5) is 0 Å². The molecule has 4 aromatic rings. The molecule has 0 unspecified atom stereocenters. The third-order valence-corrected chi connectivity index (χ3v) is 6.91. The Bertz CT molecular complexity index is 1600. The summed E-state index contributed by atoms with van der Waals surface area (Å²) in [5.41, 5.74) is 1.45. The van der Waals surface area contributed by atoms with Crippen LogP contribution in [-0.2, 0) is 9.84 Å². The summed E-state index contributed by atoms with van der Waals surface area (Å²) >= 11 is 0. The summed E-state index contributed by atoms with van der Waals surface area (Å²) in [4.78, 5) is 17.1. The van der Waals surface area contributed by atoms with Crippen LogP contribution in [0.2, 0.25) is 0 Å². The molecule has 0 spiro atoms. The molecule has 0 N–H and O–H groups in total. The third kappa shape index (κ3) is 4.14. The van der Waals surface area contributed by atoms with Crippen molar-refractivity contribution in [3.05, 3.63) is 105 Å². The number of rotatable bonds is 5. The van der Waals surface area contributed by atoms with Gasteiger partial charge >= 0.3 is 0 Å². The third-order valence-electron chi connectivity index (χ3n) is 5.22. The van der Waals surface area contributed by atoms with E-state index in [1.54, 1.807) is 48.5 Å². The second kappa shape index (κ2) is 8.73. The van der Waals surface area contributed by atoms with Gasteiger partial charge in [-0.25, -0.2) is 8.42 Å². The van der Waals surface area contributed by atoms with E-state index in [1.165, 1.54) is 22.7 Å². The molecule has 0 amide bonds. The second-order valence-corrected chi connectivity index (χ2v) is 9.22. The Morgan fingerprint density at radius 3 is 2.48 bits per heavy atom. The van der Waals surface area contributed by atoms with Gasteiger partial charge in [0.2, 0.25) is 15.7 Å². The van der Waals surface area contributed by atoms with E-state index in [1.807, 2.05) is 26.0 Å². The van der Waals surface area contributed by atoms with Crippen molar-refractivity contribution in [1.82, 2.24) is 9.38 Å². The van der Waals surface area contributed by atoms with Crippen LogP contribution in [0.5, 0.6) is 11.6 Å². The molecule has 0 atom stereocenters. The van der Waals surface area contributed by atoms with Gasteiger partial charge in [0.1, 0.15) is 27.9 Å². The highest BCUT2D eigenvalue weighted by Crippen LogP contribution is 2.29. The molecule has 0 aliphatic rings. The zero-order valence-electron chi connectivity index (χ0n) is 17.9. The summed E-state index contributed by atoms with van der Waals surface area (Å²) < 4.78 is 33.4. The maximum atomic E-state index is 13.3. The number of benzene rings is 2. The molecule has 33 heavy (non-hydrogen) atoms. The van der Waals surface area contributed by atoms with E-state index < -0.39 is 20.3 Å². The summed E-state index contributed by atoms with van der Waals surface area (Å²) in [5.74, 6) is 0.386. The van der Waals surface area contributed by atoms with Crippen LogP contribution in [0.1, 0.15) is 16.7 Å². The van der Waals surface area contributed by atoms with E-state index in [2.05, 4.69) is 4.98 Å². The number of nitrogens with zero attached hydrogens (tertiary/aromatic N) is 3. The number of fused-ring (bicyclic) bond motifs is 1. The maximum absolute atomic E-state index is 13.3. The topological polar surface area (TPSA) is 102 Å². The average molecular weight is 458 g/mol. The monoisotopic (exact) mass is 457 g/mol. The summed E-state index contributed by atoms with van der Waals surface area (Å²) in [7, 11) is -4.16. The van der Waals surface area contributed by atoms with Gasteiger partial charge in [-0.1, -0.05) is 36.4 Å². The van der Waals surface area contributed by atoms with Gasteiger partial charge in [-0.3, -0.25) is 9.20 Å². The van der Waals surface area contributed by atoms with Gasteiger partial charge < -0.3 is 4.74 Å². The van der Waals surface area contributed by atoms with E-state index in [9.17, 15) is 18.5 Å². The second-order valence-electron chi connectivity index (χ2n) is 7.30. The first kappa shape index (κ1) is 22.0. The fourth-order valence-corrected chi connectivity index (χ4v) is 4.41. The number of sulfone groups is 1.